The van der Waals surface area contributed by atoms with Gasteiger partial charge < -0.3 is 10.2 Å². The summed E-state index contributed by atoms with van der Waals surface area (Å²) in [5, 5.41) is 4.01. The molecule has 2 amide bonds. The van der Waals surface area contributed by atoms with Crippen molar-refractivity contribution in [2.45, 2.75) is 65.3 Å². The van der Waals surface area contributed by atoms with Crippen molar-refractivity contribution in [2.24, 2.45) is 0 Å². The second kappa shape index (κ2) is 8.43. The minimum Gasteiger partial charge on any atom is -0.354 e. The zero-order valence-corrected chi connectivity index (χ0v) is 15.2. The molecular weight excluding hydrogens is 310 g/mol. The van der Waals surface area contributed by atoms with E-state index in [0.29, 0.717) is 25.9 Å². The summed E-state index contributed by atoms with van der Waals surface area (Å²) in [4.78, 5) is 32.2. The Hall–Kier alpha value is -1.43. The number of aryl methyl sites for hydroxylation is 2. The van der Waals surface area contributed by atoms with Gasteiger partial charge in [0.15, 0.2) is 0 Å². The molecule has 1 aliphatic heterocycles. The lowest BCUT2D eigenvalue weighted by Gasteiger charge is -2.27. The number of carbonyl (C=O) groups excluding carboxylic acids is 2. The zero-order chi connectivity index (χ0) is 16.8. The summed E-state index contributed by atoms with van der Waals surface area (Å²) in [6, 6.07) is -0.335. The molecule has 1 aliphatic rings. The summed E-state index contributed by atoms with van der Waals surface area (Å²) in [6.07, 6.45) is 5.09. The SMILES string of the molecule is CCCCc1nc(C)c(CC(=O)N2CCCNC(=O)[C@@H]2CC)s1. The number of unbranched alkanes of at least 4 members (excludes halogenated alkanes) is 1. The average molecular weight is 337 g/mol. The monoisotopic (exact) mass is 337 g/mol. The van der Waals surface area contributed by atoms with Gasteiger partial charge in [-0.3, -0.25) is 9.59 Å². The van der Waals surface area contributed by atoms with Crippen molar-refractivity contribution in [3.8, 4) is 0 Å². The first-order chi connectivity index (χ1) is 11.1. The van der Waals surface area contributed by atoms with E-state index in [-0.39, 0.29) is 17.9 Å². The number of amides is 2. The molecule has 1 fully saturated rings. The molecule has 0 aromatic carbocycles. The van der Waals surface area contributed by atoms with Gasteiger partial charge in [-0.1, -0.05) is 20.3 Å². The molecule has 6 heteroatoms. The van der Waals surface area contributed by atoms with E-state index in [1.165, 1.54) is 0 Å². The number of hydrogen-bond acceptors (Lipinski definition) is 4. The lowest BCUT2D eigenvalue weighted by Crippen LogP contribution is -2.47. The highest BCUT2D eigenvalue weighted by molar-refractivity contribution is 7.11. The van der Waals surface area contributed by atoms with Crippen LogP contribution < -0.4 is 5.32 Å². The fraction of sp³-hybridized carbons (Fsp3) is 0.706. The van der Waals surface area contributed by atoms with E-state index in [1.54, 1.807) is 16.2 Å². The van der Waals surface area contributed by atoms with Crippen LogP contribution >= 0.6 is 11.3 Å². The summed E-state index contributed by atoms with van der Waals surface area (Å²) in [7, 11) is 0. The fourth-order valence-corrected chi connectivity index (χ4v) is 4.01. The van der Waals surface area contributed by atoms with Crippen molar-refractivity contribution in [3.05, 3.63) is 15.6 Å². The molecule has 2 rings (SSSR count). The Bertz CT molecular complexity index is 556. The Morgan fingerprint density at radius 1 is 1.43 bits per heavy atom. The van der Waals surface area contributed by atoms with E-state index < -0.39 is 0 Å². The summed E-state index contributed by atoms with van der Waals surface area (Å²) < 4.78 is 0. The van der Waals surface area contributed by atoms with Crippen molar-refractivity contribution in [2.75, 3.05) is 13.1 Å². The van der Waals surface area contributed by atoms with Gasteiger partial charge in [0.05, 0.1) is 17.1 Å². The third kappa shape index (κ3) is 4.53. The van der Waals surface area contributed by atoms with Crippen molar-refractivity contribution in [1.29, 1.82) is 0 Å². The van der Waals surface area contributed by atoms with Crippen molar-refractivity contribution in [1.82, 2.24) is 15.2 Å². The molecule has 0 spiro atoms. The first-order valence-corrected chi connectivity index (χ1v) is 9.40. The third-order valence-electron chi connectivity index (χ3n) is 4.25. The first kappa shape index (κ1) is 17.9. The topological polar surface area (TPSA) is 62.3 Å². The maximum Gasteiger partial charge on any atom is 0.242 e. The normalized spacial score (nSPS) is 18.7. The molecule has 0 unspecified atom stereocenters. The molecule has 0 aliphatic carbocycles. The quantitative estimate of drug-likeness (QED) is 0.867. The molecule has 1 aromatic rings. The maximum atomic E-state index is 12.7. The number of carbonyl (C=O) groups is 2. The third-order valence-corrected chi connectivity index (χ3v) is 5.47. The van der Waals surface area contributed by atoms with Gasteiger partial charge >= 0.3 is 0 Å². The van der Waals surface area contributed by atoms with Gasteiger partial charge in [-0.15, -0.1) is 11.3 Å². The van der Waals surface area contributed by atoms with Gasteiger partial charge in [-0.05, 0) is 32.6 Å². The van der Waals surface area contributed by atoms with Crippen molar-refractivity contribution < 1.29 is 9.59 Å². The van der Waals surface area contributed by atoms with Crippen molar-refractivity contribution >= 4 is 23.2 Å². The van der Waals surface area contributed by atoms with Gasteiger partial charge in [0.2, 0.25) is 11.8 Å². The van der Waals surface area contributed by atoms with Crippen LogP contribution in [-0.4, -0.2) is 40.8 Å². The molecule has 1 N–H and O–H groups in total. The fourth-order valence-electron chi connectivity index (χ4n) is 2.91. The molecule has 0 radical (unpaired) electrons. The standard InChI is InChI=1S/C17H27N3O2S/c1-4-6-8-15-19-12(3)14(23-15)11-16(21)20-10-7-9-18-17(22)13(20)5-2/h13H,4-11H2,1-3H3,(H,18,22)/t13-/m0/s1. The van der Waals surface area contributed by atoms with E-state index in [2.05, 4.69) is 17.2 Å². The maximum absolute atomic E-state index is 12.7. The van der Waals surface area contributed by atoms with E-state index in [1.807, 2.05) is 13.8 Å². The van der Waals surface area contributed by atoms with Gasteiger partial charge in [0.25, 0.3) is 0 Å². The molecule has 23 heavy (non-hydrogen) atoms. The molecule has 5 nitrogen and oxygen atoms in total. The van der Waals surface area contributed by atoms with Gasteiger partial charge in [0, 0.05) is 18.0 Å². The van der Waals surface area contributed by atoms with Crippen LogP contribution in [0.3, 0.4) is 0 Å². The number of nitrogens with one attached hydrogen (secondary N) is 1. The lowest BCUT2D eigenvalue weighted by atomic mass is 10.1. The molecule has 1 aromatic heterocycles. The Kier molecular flexibility index (Phi) is 6.57. The number of rotatable bonds is 6. The van der Waals surface area contributed by atoms with Crippen LogP contribution in [0, 0.1) is 6.92 Å². The Morgan fingerprint density at radius 3 is 2.91 bits per heavy atom. The van der Waals surface area contributed by atoms with Crippen LogP contribution in [0.5, 0.6) is 0 Å². The highest BCUT2D eigenvalue weighted by Gasteiger charge is 2.30. The van der Waals surface area contributed by atoms with Crippen LogP contribution in [0.15, 0.2) is 0 Å². The van der Waals surface area contributed by atoms with Crippen LogP contribution in [0.25, 0.3) is 0 Å². The summed E-state index contributed by atoms with van der Waals surface area (Å²) in [6.45, 7) is 7.40. The number of thiazole rings is 1. The summed E-state index contributed by atoms with van der Waals surface area (Å²) in [5.74, 6) is 0.0192. The minimum absolute atomic E-state index is 0.0250. The van der Waals surface area contributed by atoms with Crippen LogP contribution in [0.1, 0.15) is 55.1 Å². The molecule has 1 atom stereocenters. The average Bonchev–Trinajstić information content (AvgIpc) is 2.76. The van der Waals surface area contributed by atoms with E-state index in [0.717, 1.165) is 41.3 Å². The van der Waals surface area contributed by atoms with E-state index in [9.17, 15) is 9.59 Å². The molecule has 1 saturated heterocycles. The van der Waals surface area contributed by atoms with Crippen LogP contribution in [0.2, 0.25) is 0 Å². The highest BCUT2D eigenvalue weighted by Crippen LogP contribution is 2.22. The Balaban J connectivity index is 2.07. The second-order valence-electron chi connectivity index (χ2n) is 6.05. The zero-order valence-electron chi connectivity index (χ0n) is 14.4. The van der Waals surface area contributed by atoms with Gasteiger partial charge in [-0.25, -0.2) is 4.98 Å². The van der Waals surface area contributed by atoms with Crippen molar-refractivity contribution in [3.63, 3.8) is 0 Å². The lowest BCUT2D eigenvalue weighted by molar-refractivity contribution is -0.139. The van der Waals surface area contributed by atoms with Gasteiger partial charge in [0.1, 0.15) is 6.04 Å². The molecule has 2 heterocycles. The molecule has 128 valence electrons. The van der Waals surface area contributed by atoms with Crippen LogP contribution in [0.4, 0.5) is 0 Å². The Morgan fingerprint density at radius 2 is 2.22 bits per heavy atom. The molecule has 0 saturated carbocycles. The minimum atomic E-state index is -0.335. The van der Waals surface area contributed by atoms with Gasteiger partial charge in [-0.2, -0.15) is 0 Å². The predicted octanol–water partition coefficient (Wildman–Crippen LogP) is 2.46. The second-order valence-corrected chi connectivity index (χ2v) is 7.22. The van der Waals surface area contributed by atoms with E-state index >= 15 is 0 Å². The molecular formula is C17H27N3O2S. The Labute approximate surface area is 142 Å². The first-order valence-electron chi connectivity index (χ1n) is 8.59. The smallest absolute Gasteiger partial charge is 0.242 e. The number of nitrogens with zero attached hydrogens (tertiary/aromatic N) is 2. The summed E-state index contributed by atoms with van der Waals surface area (Å²) in [5.41, 5.74) is 0.960. The number of hydrogen-bond donors (Lipinski definition) is 1. The largest absolute Gasteiger partial charge is 0.354 e. The highest BCUT2D eigenvalue weighted by atomic mass is 32.1. The molecule has 0 bridgehead atoms. The number of aromatic nitrogens is 1. The predicted molar refractivity (Wildman–Crippen MR) is 92.6 cm³/mol. The van der Waals surface area contributed by atoms with Crippen LogP contribution in [-0.2, 0) is 22.4 Å². The summed E-state index contributed by atoms with van der Waals surface area (Å²) >= 11 is 1.65. The van der Waals surface area contributed by atoms with E-state index in [4.69, 9.17) is 0 Å².